The number of hydrogen-bond donors (Lipinski definition) is 1. The van der Waals surface area contributed by atoms with Crippen LogP contribution in [-0.2, 0) is 4.74 Å². The lowest BCUT2D eigenvalue weighted by Crippen LogP contribution is -2.07. The molecule has 124 valence electrons. The van der Waals surface area contributed by atoms with Gasteiger partial charge in [-0.05, 0) is 26.8 Å². The lowest BCUT2D eigenvalue weighted by molar-refractivity contribution is 0.0520. The van der Waals surface area contributed by atoms with Crippen molar-refractivity contribution < 1.29 is 19.0 Å². The smallest absolute Gasteiger partial charge is 0.361 e. The van der Waals surface area contributed by atoms with Crippen molar-refractivity contribution in [3.8, 4) is 22.8 Å². The molecule has 0 radical (unpaired) electrons. The predicted molar refractivity (Wildman–Crippen MR) is 85.1 cm³/mol. The number of esters is 1. The molecule has 2 rings (SSSR count). The van der Waals surface area contributed by atoms with Crippen LogP contribution in [0, 0.1) is 0 Å². The van der Waals surface area contributed by atoms with Crippen molar-refractivity contribution in [2.75, 3.05) is 19.8 Å². The molecule has 0 atom stereocenters. The first-order valence-corrected chi connectivity index (χ1v) is 7.67. The number of H-pyrrole nitrogens is 1. The monoisotopic (exact) mass is 339 g/mol. The van der Waals surface area contributed by atoms with Crippen molar-refractivity contribution in [3.63, 3.8) is 0 Å². The molecule has 0 spiro atoms. The van der Waals surface area contributed by atoms with Crippen molar-refractivity contribution in [1.29, 1.82) is 0 Å². The summed E-state index contributed by atoms with van der Waals surface area (Å²) in [7, 11) is 0. The van der Waals surface area contributed by atoms with Gasteiger partial charge >= 0.3 is 5.97 Å². The first-order chi connectivity index (χ1) is 11.1. The van der Waals surface area contributed by atoms with Crippen LogP contribution in [0.4, 0.5) is 0 Å². The third-order valence-corrected chi connectivity index (χ3v) is 3.22. The molecule has 8 heteroatoms. The number of nitrogens with one attached hydrogen (secondary N) is 1. The van der Waals surface area contributed by atoms with Gasteiger partial charge in [-0.15, -0.1) is 5.10 Å². The Hall–Kier alpha value is -2.28. The van der Waals surface area contributed by atoms with Crippen LogP contribution in [0.15, 0.2) is 12.1 Å². The Labute approximate surface area is 138 Å². The van der Waals surface area contributed by atoms with Gasteiger partial charge in [0.05, 0.1) is 24.8 Å². The zero-order chi connectivity index (χ0) is 16.8. The van der Waals surface area contributed by atoms with E-state index in [1.54, 1.807) is 19.1 Å². The minimum Gasteiger partial charge on any atom is -0.490 e. The topological polar surface area (TPSA) is 86.3 Å². The largest absolute Gasteiger partial charge is 0.490 e. The molecule has 1 aromatic heterocycles. The standard InChI is InChI=1S/C15H18ClN3O4/c1-4-21-11-7-9(10(16)8-12(11)22-5-2)13-14(18-19-17-13)15(20)23-6-3/h7-8H,4-6H2,1-3H3,(H,17,18,19). The first kappa shape index (κ1) is 17.1. The lowest BCUT2D eigenvalue weighted by Gasteiger charge is -2.13. The van der Waals surface area contributed by atoms with Gasteiger partial charge in [0.15, 0.2) is 17.2 Å². The van der Waals surface area contributed by atoms with Crippen molar-refractivity contribution in [1.82, 2.24) is 15.4 Å². The normalized spacial score (nSPS) is 10.4. The Balaban J connectivity index is 2.49. The molecule has 0 aliphatic carbocycles. The Kier molecular flexibility index (Phi) is 5.81. The lowest BCUT2D eigenvalue weighted by atomic mass is 10.1. The molecule has 23 heavy (non-hydrogen) atoms. The molecule has 0 aliphatic rings. The molecule has 1 N–H and O–H groups in total. The minimum atomic E-state index is -0.570. The Morgan fingerprint density at radius 3 is 2.35 bits per heavy atom. The maximum Gasteiger partial charge on any atom is 0.361 e. The van der Waals surface area contributed by atoms with Gasteiger partial charge in [-0.3, -0.25) is 0 Å². The fourth-order valence-electron chi connectivity index (χ4n) is 2.01. The van der Waals surface area contributed by atoms with E-state index in [9.17, 15) is 4.79 Å². The van der Waals surface area contributed by atoms with E-state index in [0.717, 1.165) is 0 Å². The van der Waals surface area contributed by atoms with Gasteiger partial charge in [0.2, 0.25) is 0 Å². The number of aromatic nitrogens is 3. The van der Waals surface area contributed by atoms with Crippen molar-refractivity contribution in [2.45, 2.75) is 20.8 Å². The quantitative estimate of drug-likeness (QED) is 0.780. The van der Waals surface area contributed by atoms with Crippen molar-refractivity contribution >= 4 is 17.6 Å². The van der Waals surface area contributed by atoms with Crippen LogP contribution in [-0.4, -0.2) is 41.2 Å². The highest BCUT2D eigenvalue weighted by atomic mass is 35.5. The van der Waals surface area contributed by atoms with E-state index in [2.05, 4.69) is 15.4 Å². The number of benzene rings is 1. The molecule has 7 nitrogen and oxygen atoms in total. The van der Waals surface area contributed by atoms with Crippen LogP contribution in [0.3, 0.4) is 0 Å². The summed E-state index contributed by atoms with van der Waals surface area (Å²) in [5, 5.41) is 10.6. The number of aromatic amines is 1. The molecule has 0 aliphatic heterocycles. The highest BCUT2D eigenvalue weighted by molar-refractivity contribution is 6.33. The van der Waals surface area contributed by atoms with Crippen LogP contribution in [0.2, 0.25) is 5.02 Å². The molecule has 1 heterocycles. The summed E-state index contributed by atoms with van der Waals surface area (Å²) in [6, 6.07) is 3.31. The summed E-state index contributed by atoms with van der Waals surface area (Å²) in [5.74, 6) is 0.481. The van der Waals surface area contributed by atoms with E-state index in [-0.39, 0.29) is 12.3 Å². The van der Waals surface area contributed by atoms with Crippen LogP contribution in [0.25, 0.3) is 11.3 Å². The predicted octanol–water partition coefficient (Wildman–Crippen LogP) is 3.10. The van der Waals surface area contributed by atoms with Gasteiger partial charge < -0.3 is 14.2 Å². The molecular formula is C15H18ClN3O4. The first-order valence-electron chi connectivity index (χ1n) is 7.29. The van der Waals surface area contributed by atoms with E-state index >= 15 is 0 Å². The summed E-state index contributed by atoms with van der Waals surface area (Å²) in [6.07, 6.45) is 0. The summed E-state index contributed by atoms with van der Waals surface area (Å²) in [5.41, 5.74) is 0.883. The maximum atomic E-state index is 11.9. The molecule has 0 saturated heterocycles. The zero-order valence-electron chi connectivity index (χ0n) is 13.2. The van der Waals surface area contributed by atoms with Crippen molar-refractivity contribution in [3.05, 3.63) is 22.8 Å². The fourth-order valence-corrected chi connectivity index (χ4v) is 2.26. The molecule has 1 aromatic carbocycles. The summed E-state index contributed by atoms with van der Waals surface area (Å²) in [4.78, 5) is 11.9. The van der Waals surface area contributed by atoms with Crippen molar-refractivity contribution in [2.24, 2.45) is 0 Å². The van der Waals surface area contributed by atoms with Crippen LogP contribution >= 0.6 is 11.6 Å². The Morgan fingerprint density at radius 1 is 1.09 bits per heavy atom. The highest BCUT2D eigenvalue weighted by Gasteiger charge is 2.22. The number of rotatable bonds is 7. The third-order valence-electron chi connectivity index (χ3n) is 2.90. The average Bonchev–Trinajstić information content (AvgIpc) is 3.00. The number of halogens is 1. The number of nitrogens with zero attached hydrogens (tertiary/aromatic N) is 2. The number of ether oxygens (including phenoxy) is 3. The molecule has 2 aromatic rings. The minimum absolute atomic E-state index is 0.0698. The van der Waals surface area contributed by atoms with Gasteiger partial charge in [0, 0.05) is 11.6 Å². The highest BCUT2D eigenvalue weighted by Crippen LogP contribution is 2.38. The van der Waals surface area contributed by atoms with Crippen LogP contribution < -0.4 is 9.47 Å². The second-order valence-corrected chi connectivity index (χ2v) is 4.79. The van der Waals surface area contributed by atoms with E-state index in [1.165, 1.54) is 0 Å². The third kappa shape index (κ3) is 3.73. The number of carbonyl (C=O) groups excluding carboxylic acids is 1. The molecule has 0 unspecified atom stereocenters. The Morgan fingerprint density at radius 2 is 1.74 bits per heavy atom. The zero-order valence-corrected chi connectivity index (χ0v) is 13.9. The van der Waals surface area contributed by atoms with E-state index in [0.29, 0.717) is 41.0 Å². The second-order valence-electron chi connectivity index (χ2n) is 4.39. The van der Waals surface area contributed by atoms with Gasteiger partial charge in [-0.2, -0.15) is 10.3 Å². The number of carbonyl (C=O) groups is 1. The summed E-state index contributed by atoms with van der Waals surface area (Å²) in [6.45, 7) is 6.64. The molecule has 0 saturated carbocycles. The van der Waals surface area contributed by atoms with E-state index < -0.39 is 5.97 Å². The molecule has 0 amide bonds. The SMILES string of the molecule is CCOC(=O)c1n[nH]nc1-c1cc(OCC)c(OCC)cc1Cl. The van der Waals surface area contributed by atoms with Gasteiger partial charge in [-0.25, -0.2) is 4.79 Å². The molecule has 0 bridgehead atoms. The second kappa shape index (κ2) is 7.82. The van der Waals surface area contributed by atoms with Gasteiger partial charge in [-0.1, -0.05) is 11.6 Å². The van der Waals surface area contributed by atoms with Gasteiger partial charge in [0.25, 0.3) is 0 Å². The van der Waals surface area contributed by atoms with Crippen LogP contribution in [0.1, 0.15) is 31.3 Å². The fraction of sp³-hybridized carbons (Fsp3) is 0.400. The molecular weight excluding hydrogens is 322 g/mol. The summed E-state index contributed by atoms with van der Waals surface area (Å²) < 4.78 is 16.1. The summed E-state index contributed by atoms with van der Waals surface area (Å²) >= 11 is 6.31. The maximum absolute atomic E-state index is 11.9. The van der Waals surface area contributed by atoms with Gasteiger partial charge in [0.1, 0.15) is 5.69 Å². The van der Waals surface area contributed by atoms with Crippen LogP contribution in [0.5, 0.6) is 11.5 Å². The average molecular weight is 340 g/mol. The van der Waals surface area contributed by atoms with E-state index in [1.807, 2.05) is 13.8 Å². The number of hydrogen-bond acceptors (Lipinski definition) is 6. The Bertz CT molecular complexity index is 687. The molecule has 0 fully saturated rings. The van der Waals surface area contributed by atoms with E-state index in [4.69, 9.17) is 25.8 Å².